The Morgan fingerprint density at radius 2 is 1.37 bits per heavy atom. The fraction of sp³-hybridized carbons (Fsp3) is 0.103. The lowest BCUT2D eigenvalue weighted by molar-refractivity contribution is 0.645. The standard InChI is InChI=1S/C29H21N/c1-29(2)23-12-6-5-11-21(23)26-25-18(9-7-13-24(25)29)16-22-20-15-14-17-8-3-4-10-19(17)27(20)30-28(22)26/h3-16,30H,1-2H3. The van der Waals surface area contributed by atoms with Crippen LogP contribution in [0.4, 0.5) is 0 Å². The highest BCUT2D eigenvalue weighted by molar-refractivity contribution is 6.25. The summed E-state index contributed by atoms with van der Waals surface area (Å²) in [5.41, 5.74) is 8.00. The van der Waals surface area contributed by atoms with Gasteiger partial charge in [-0.3, -0.25) is 0 Å². The van der Waals surface area contributed by atoms with Crippen molar-refractivity contribution in [3.05, 3.63) is 96.1 Å². The second kappa shape index (κ2) is 5.31. The third-order valence-electron chi connectivity index (χ3n) is 7.18. The Kier molecular flexibility index (Phi) is 2.88. The van der Waals surface area contributed by atoms with Crippen molar-refractivity contribution in [3.8, 4) is 11.1 Å². The summed E-state index contributed by atoms with van der Waals surface area (Å²) < 4.78 is 0. The molecular formula is C29H21N. The molecule has 30 heavy (non-hydrogen) atoms. The van der Waals surface area contributed by atoms with Gasteiger partial charge in [0.1, 0.15) is 0 Å². The van der Waals surface area contributed by atoms with E-state index in [9.17, 15) is 0 Å². The van der Waals surface area contributed by atoms with E-state index in [0.717, 1.165) is 0 Å². The third-order valence-corrected chi connectivity index (χ3v) is 7.18. The van der Waals surface area contributed by atoms with Crippen LogP contribution >= 0.6 is 0 Å². The summed E-state index contributed by atoms with van der Waals surface area (Å²) in [6, 6.07) is 31.3. The third kappa shape index (κ3) is 1.84. The van der Waals surface area contributed by atoms with Gasteiger partial charge >= 0.3 is 0 Å². The molecule has 0 saturated carbocycles. The molecule has 1 aliphatic carbocycles. The van der Waals surface area contributed by atoms with E-state index in [1.165, 1.54) is 65.6 Å². The average molecular weight is 383 g/mol. The van der Waals surface area contributed by atoms with Gasteiger partial charge in [-0.15, -0.1) is 0 Å². The highest BCUT2D eigenvalue weighted by atomic mass is 14.7. The fourth-order valence-corrected chi connectivity index (χ4v) is 5.74. The first-order valence-electron chi connectivity index (χ1n) is 10.6. The molecule has 1 heteroatoms. The van der Waals surface area contributed by atoms with Crippen molar-refractivity contribution in [3.63, 3.8) is 0 Å². The van der Waals surface area contributed by atoms with Gasteiger partial charge in [0.2, 0.25) is 0 Å². The number of benzene rings is 5. The van der Waals surface area contributed by atoms with E-state index in [4.69, 9.17) is 0 Å². The Balaban J connectivity index is 1.79. The molecule has 0 radical (unpaired) electrons. The van der Waals surface area contributed by atoms with Crippen LogP contribution in [0, 0.1) is 0 Å². The summed E-state index contributed by atoms with van der Waals surface area (Å²) in [5, 5.41) is 7.89. The van der Waals surface area contributed by atoms with Crippen molar-refractivity contribution in [2.45, 2.75) is 19.3 Å². The van der Waals surface area contributed by atoms with Crippen LogP contribution in [0.25, 0.3) is 54.5 Å². The molecule has 1 N–H and O–H groups in total. The fourth-order valence-electron chi connectivity index (χ4n) is 5.74. The van der Waals surface area contributed by atoms with Crippen molar-refractivity contribution in [2.75, 3.05) is 0 Å². The first-order chi connectivity index (χ1) is 14.6. The van der Waals surface area contributed by atoms with Crippen LogP contribution in [0.2, 0.25) is 0 Å². The molecule has 0 bridgehead atoms. The van der Waals surface area contributed by atoms with Crippen LogP contribution in [0.3, 0.4) is 0 Å². The maximum atomic E-state index is 3.86. The molecule has 0 unspecified atom stereocenters. The molecule has 6 aromatic rings. The number of hydrogen-bond donors (Lipinski definition) is 1. The molecule has 1 aromatic heterocycles. The zero-order chi connectivity index (χ0) is 20.0. The van der Waals surface area contributed by atoms with E-state index in [2.05, 4.69) is 104 Å². The van der Waals surface area contributed by atoms with Crippen LogP contribution in [0.5, 0.6) is 0 Å². The lowest BCUT2D eigenvalue weighted by Crippen LogP contribution is -2.23. The van der Waals surface area contributed by atoms with Gasteiger partial charge in [0.05, 0.1) is 11.0 Å². The Labute approximate surface area is 175 Å². The smallest absolute Gasteiger partial charge is 0.0551 e. The predicted octanol–water partition coefficient (Wildman–Crippen LogP) is 7.93. The molecule has 0 fully saturated rings. The highest BCUT2D eigenvalue weighted by Crippen LogP contribution is 2.51. The molecule has 0 saturated heterocycles. The maximum Gasteiger partial charge on any atom is 0.0551 e. The lowest BCUT2D eigenvalue weighted by Gasteiger charge is -2.35. The molecule has 1 heterocycles. The largest absolute Gasteiger partial charge is 0.353 e. The molecule has 0 spiro atoms. The van der Waals surface area contributed by atoms with E-state index in [1.807, 2.05) is 0 Å². The Morgan fingerprint density at radius 1 is 0.600 bits per heavy atom. The zero-order valence-electron chi connectivity index (χ0n) is 17.1. The summed E-state index contributed by atoms with van der Waals surface area (Å²) in [7, 11) is 0. The molecule has 0 aliphatic heterocycles. The van der Waals surface area contributed by atoms with Gasteiger partial charge in [-0.1, -0.05) is 92.7 Å². The number of hydrogen-bond acceptors (Lipinski definition) is 0. The average Bonchev–Trinajstić information content (AvgIpc) is 3.15. The minimum absolute atomic E-state index is 0.0184. The Hall–Kier alpha value is -3.58. The predicted molar refractivity (Wildman–Crippen MR) is 128 cm³/mol. The van der Waals surface area contributed by atoms with Crippen molar-refractivity contribution >= 4 is 43.4 Å². The van der Waals surface area contributed by atoms with Crippen molar-refractivity contribution in [1.29, 1.82) is 0 Å². The monoisotopic (exact) mass is 383 g/mol. The van der Waals surface area contributed by atoms with Gasteiger partial charge in [0.15, 0.2) is 0 Å². The molecule has 142 valence electrons. The highest BCUT2D eigenvalue weighted by Gasteiger charge is 2.34. The molecular weight excluding hydrogens is 362 g/mol. The summed E-state index contributed by atoms with van der Waals surface area (Å²) >= 11 is 0. The SMILES string of the molecule is CC1(C)c2ccccc2-c2c3[nH]c4c5ccccc5ccc4c3cc3cccc1c23. The van der Waals surface area contributed by atoms with Crippen LogP contribution in [-0.2, 0) is 5.41 Å². The van der Waals surface area contributed by atoms with E-state index in [0.29, 0.717) is 0 Å². The van der Waals surface area contributed by atoms with E-state index in [-0.39, 0.29) is 5.41 Å². The Bertz CT molecular complexity index is 1660. The van der Waals surface area contributed by atoms with E-state index < -0.39 is 0 Å². The number of fused-ring (bicyclic) bond motifs is 8. The molecule has 7 rings (SSSR count). The van der Waals surface area contributed by atoms with Crippen LogP contribution in [0.1, 0.15) is 25.0 Å². The van der Waals surface area contributed by atoms with Gasteiger partial charge in [-0.2, -0.15) is 0 Å². The second-order valence-corrected chi connectivity index (χ2v) is 9.08. The van der Waals surface area contributed by atoms with Crippen molar-refractivity contribution in [2.24, 2.45) is 0 Å². The van der Waals surface area contributed by atoms with Crippen LogP contribution in [-0.4, -0.2) is 4.98 Å². The van der Waals surface area contributed by atoms with E-state index >= 15 is 0 Å². The van der Waals surface area contributed by atoms with Crippen LogP contribution < -0.4 is 0 Å². The van der Waals surface area contributed by atoms with Gasteiger partial charge < -0.3 is 4.98 Å². The minimum atomic E-state index is -0.0184. The Morgan fingerprint density at radius 3 is 2.30 bits per heavy atom. The summed E-state index contributed by atoms with van der Waals surface area (Å²) in [6.45, 7) is 4.71. The summed E-state index contributed by atoms with van der Waals surface area (Å²) in [4.78, 5) is 3.86. The first-order valence-corrected chi connectivity index (χ1v) is 10.6. The van der Waals surface area contributed by atoms with Gasteiger partial charge in [0.25, 0.3) is 0 Å². The normalized spacial score (nSPS) is 14.6. The summed E-state index contributed by atoms with van der Waals surface area (Å²) in [6.07, 6.45) is 0. The summed E-state index contributed by atoms with van der Waals surface area (Å²) in [5.74, 6) is 0. The quantitative estimate of drug-likeness (QED) is 0.274. The first kappa shape index (κ1) is 16.2. The molecule has 0 atom stereocenters. The van der Waals surface area contributed by atoms with Crippen molar-refractivity contribution in [1.82, 2.24) is 4.98 Å². The number of H-pyrrole nitrogens is 1. The topological polar surface area (TPSA) is 15.8 Å². The second-order valence-electron chi connectivity index (χ2n) is 9.08. The lowest BCUT2D eigenvalue weighted by atomic mass is 9.68. The number of nitrogens with one attached hydrogen (secondary N) is 1. The van der Waals surface area contributed by atoms with Crippen LogP contribution in [0.15, 0.2) is 84.9 Å². The maximum absolute atomic E-state index is 3.86. The molecule has 1 aliphatic rings. The zero-order valence-corrected chi connectivity index (χ0v) is 17.1. The molecule has 0 amide bonds. The number of aromatic nitrogens is 1. The number of aromatic amines is 1. The van der Waals surface area contributed by atoms with Gasteiger partial charge in [-0.25, -0.2) is 0 Å². The van der Waals surface area contributed by atoms with Crippen molar-refractivity contribution < 1.29 is 0 Å². The molecule has 5 aromatic carbocycles. The van der Waals surface area contributed by atoms with E-state index in [1.54, 1.807) is 0 Å². The number of rotatable bonds is 0. The van der Waals surface area contributed by atoms with Gasteiger partial charge in [-0.05, 0) is 38.9 Å². The van der Waals surface area contributed by atoms with Gasteiger partial charge in [0, 0.05) is 27.1 Å². The molecule has 1 nitrogen and oxygen atoms in total. The minimum Gasteiger partial charge on any atom is -0.353 e.